The van der Waals surface area contributed by atoms with Crippen LogP contribution in [0.5, 0.6) is 0 Å². The summed E-state index contributed by atoms with van der Waals surface area (Å²) < 4.78 is 0. The molecule has 0 saturated heterocycles. The van der Waals surface area contributed by atoms with Crippen LogP contribution in [0, 0.1) is 0 Å². The maximum atomic E-state index is 11.6. The highest BCUT2D eigenvalue weighted by Gasteiger charge is 2.05. The number of amides is 1. The summed E-state index contributed by atoms with van der Waals surface area (Å²) in [7, 11) is 0. The van der Waals surface area contributed by atoms with Crippen LogP contribution in [0.15, 0.2) is 52.3 Å². The fraction of sp³-hybridized carbons (Fsp3) is 0.167. The standard InChI is InChI=1S/C18H18N4OS2/c1-2-4-17(23)20-14-8-6-13(7-9-14)16-12-25-18(21-16)22-19-11-15-5-3-10-24-15/h3,5-12H,2,4H2,1H3,(H,20,23)(H,21,22)/b19-11-. The lowest BCUT2D eigenvalue weighted by molar-refractivity contribution is -0.116. The van der Waals surface area contributed by atoms with Crippen molar-refractivity contribution in [3.63, 3.8) is 0 Å². The summed E-state index contributed by atoms with van der Waals surface area (Å²) in [4.78, 5) is 17.2. The number of aromatic nitrogens is 1. The Hall–Kier alpha value is -2.51. The maximum absolute atomic E-state index is 11.6. The van der Waals surface area contributed by atoms with E-state index in [0.717, 1.165) is 33.4 Å². The molecular weight excluding hydrogens is 352 g/mol. The first-order valence-electron chi connectivity index (χ1n) is 7.93. The molecule has 128 valence electrons. The second-order valence-corrected chi connectivity index (χ2v) is 7.14. The third-order valence-corrected chi connectivity index (χ3v) is 4.89. The Morgan fingerprint density at radius 3 is 2.80 bits per heavy atom. The highest BCUT2D eigenvalue weighted by molar-refractivity contribution is 7.14. The number of thiazole rings is 1. The van der Waals surface area contributed by atoms with Crippen LogP contribution in [0.3, 0.4) is 0 Å². The summed E-state index contributed by atoms with van der Waals surface area (Å²) in [6, 6.07) is 11.7. The van der Waals surface area contributed by atoms with Crippen LogP contribution < -0.4 is 10.7 Å². The number of rotatable bonds is 7. The highest BCUT2D eigenvalue weighted by Crippen LogP contribution is 2.26. The van der Waals surface area contributed by atoms with Gasteiger partial charge >= 0.3 is 0 Å². The number of carbonyl (C=O) groups is 1. The summed E-state index contributed by atoms with van der Waals surface area (Å²) >= 11 is 3.13. The van der Waals surface area contributed by atoms with Gasteiger partial charge in [0.1, 0.15) is 0 Å². The normalized spacial score (nSPS) is 10.9. The van der Waals surface area contributed by atoms with Crippen LogP contribution in [0.1, 0.15) is 24.6 Å². The van der Waals surface area contributed by atoms with E-state index in [2.05, 4.69) is 20.8 Å². The number of carbonyl (C=O) groups excluding carboxylic acids is 1. The van der Waals surface area contributed by atoms with Crippen LogP contribution in [0.25, 0.3) is 11.3 Å². The quantitative estimate of drug-likeness (QED) is 0.451. The molecule has 25 heavy (non-hydrogen) atoms. The summed E-state index contributed by atoms with van der Waals surface area (Å²) in [6.07, 6.45) is 3.15. The highest BCUT2D eigenvalue weighted by atomic mass is 32.1. The molecule has 0 fully saturated rings. The topological polar surface area (TPSA) is 66.4 Å². The van der Waals surface area contributed by atoms with Gasteiger partial charge in [-0.05, 0) is 30.0 Å². The number of benzene rings is 1. The lowest BCUT2D eigenvalue weighted by Crippen LogP contribution is -2.10. The van der Waals surface area contributed by atoms with E-state index in [1.807, 2.05) is 54.1 Å². The molecule has 5 nitrogen and oxygen atoms in total. The second kappa shape index (κ2) is 8.55. The number of nitrogens with zero attached hydrogens (tertiary/aromatic N) is 2. The molecule has 3 aromatic rings. The zero-order valence-corrected chi connectivity index (χ0v) is 15.4. The predicted octanol–water partition coefficient (Wildman–Crippen LogP) is 5.06. The molecule has 0 radical (unpaired) electrons. The van der Waals surface area contributed by atoms with E-state index in [1.54, 1.807) is 17.6 Å². The average molecular weight is 371 g/mol. The van der Waals surface area contributed by atoms with Crippen LogP contribution in [-0.2, 0) is 4.79 Å². The Morgan fingerprint density at radius 1 is 1.24 bits per heavy atom. The van der Waals surface area contributed by atoms with Gasteiger partial charge in [0.25, 0.3) is 0 Å². The first-order valence-corrected chi connectivity index (χ1v) is 9.69. The van der Waals surface area contributed by atoms with Crippen molar-refractivity contribution in [3.05, 3.63) is 52.0 Å². The van der Waals surface area contributed by atoms with Gasteiger partial charge in [-0.3, -0.25) is 10.2 Å². The summed E-state index contributed by atoms with van der Waals surface area (Å²) in [5.41, 5.74) is 5.63. The number of hydrogen-bond acceptors (Lipinski definition) is 6. The molecule has 1 aromatic carbocycles. The molecule has 0 unspecified atom stereocenters. The molecule has 0 atom stereocenters. The fourth-order valence-corrected chi connectivity index (χ4v) is 3.40. The summed E-state index contributed by atoms with van der Waals surface area (Å²) in [5.74, 6) is 0.0407. The SMILES string of the molecule is CCCC(=O)Nc1ccc(-c2csc(N/N=C\c3cccs3)n2)cc1. The number of nitrogens with one attached hydrogen (secondary N) is 2. The molecule has 7 heteroatoms. The smallest absolute Gasteiger partial charge is 0.224 e. The molecule has 2 aromatic heterocycles. The van der Waals surface area contributed by atoms with Crippen molar-refractivity contribution >= 4 is 45.6 Å². The van der Waals surface area contributed by atoms with Gasteiger partial charge in [-0.2, -0.15) is 5.10 Å². The van der Waals surface area contributed by atoms with Crippen molar-refractivity contribution in [1.82, 2.24) is 4.98 Å². The maximum Gasteiger partial charge on any atom is 0.224 e. The predicted molar refractivity (Wildman–Crippen MR) is 107 cm³/mol. The Bertz CT molecular complexity index is 838. The zero-order chi connectivity index (χ0) is 17.5. The second-order valence-electron chi connectivity index (χ2n) is 5.30. The van der Waals surface area contributed by atoms with Crippen molar-refractivity contribution in [2.24, 2.45) is 5.10 Å². The Morgan fingerprint density at radius 2 is 2.08 bits per heavy atom. The molecule has 3 rings (SSSR count). The van der Waals surface area contributed by atoms with Crippen LogP contribution >= 0.6 is 22.7 Å². The largest absolute Gasteiger partial charge is 0.326 e. The molecule has 0 bridgehead atoms. The Kier molecular flexibility index (Phi) is 5.92. The Labute approximate surface area is 154 Å². The van der Waals surface area contributed by atoms with Crippen LogP contribution in [0.2, 0.25) is 0 Å². The van der Waals surface area contributed by atoms with E-state index in [0.29, 0.717) is 6.42 Å². The van der Waals surface area contributed by atoms with E-state index in [-0.39, 0.29) is 5.91 Å². The lowest BCUT2D eigenvalue weighted by Gasteiger charge is -2.04. The number of hydrazone groups is 1. The van der Waals surface area contributed by atoms with Gasteiger partial charge in [0.05, 0.1) is 11.9 Å². The molecular formula is C18H18N4OS2. The lowest BCUT2D eigenvalue weighted by atomic mass is 10.1. The molecule has 0 aliphatic rings. The first kappa shape index (κ1) is 17.3. The van der Waals surface area contributed by atoms with Gasteiger partial charge < -0.3 is 5.32 Å². The van der Waals surface area contributed by atoms with Crippen LogP contribution in [-0.4, -0.2) is 17.1 Å². The minimum absolute atomic E-state index is 0.0407. The van der Waals surface area contributed by atoms with Crippen molar-refractivity contribution < 1.29 is 4.79 Å². The van der Waals surface area contributed by atoms with E-state index in [9.17, 15) is 4.79 Å². The third-order valence-electron chi connectivity index (χ3n) is 3.34. The number of hydrogen-bond donors (Lipinski definition) is 2. The van der Waals surface area contributed by atoms with Gasteiger partial charge in [-0.15, -0.1) is 22.7 Å². The van der Waals surface area contributed by atoms with Crippen molar-refractivity contribution in [2.45, 2.75) is 19.8 Å². The number of thiophene rings is 1. The van der Waals surface area contributed by atoms with E-state index >= 15 is 0 Å². The molecule has 1 amide bonds. The Balaban J connectivity index is 1.60. The van der Waals surface area contributed by atoms with Crippen LogP contribution in [0.4, 0.5) is 10.8 Å². The van der Waals surface area contributed by atoms with Gasteiger partial charge in [0, 0.05) is 27.9 Å². The van der Waals surface area contributed by atoms with Gasteiger partial charge in [-0.1, -0.05) is 25.1 Å². The minimum Gasteiger partial charge on any atom is -0.326 e. The zero-order valence-electron chi connectivity index (χ0n) is 13.7. The molecule has 0 saturated carbocycles. The molecule has 2 heterocycles. The van der Waals surface area contributed by atoms with E-state index < -0.39 is 0 Å². The molecule has 0 spiro atoms. The fourth-order valence-electron chi connectivity index (χ4n) is 2.15. The van der Waals surface area contributed by atoms with Gasteiger partial charge in [-0.25, -0.2) is 4.98 Å². The third kappa shape index (κ3) is 4.98. The minimum atomic E-state index is 0.0407. The number of anilines is 2. The molecule has 2 N–H and O–H groups in total. The summed E-state index contributed by atoms with van der Waals surface area (Å²) in [5, 5.41) is 11.8. The van der Waals surface area contributed by atoms with E-state index in [4.69, 9.17) is 0 Å². The monoisotopic (exact) mass is 370 g/mol. The van der Waals surface area contributed by atoms with Gasteiger partial charge in [0.2, 0.25) is 11.0 Å². The van der Waals surface area contributed by atoms with Crippen molar-refractivity contribution in [1.29, 1.82) is 0 Å². The molecule has 0 aliphatic heterocycles. The van der Waals surface area contributed by atoms with E-state index in [1.165, 1.54) is 11.3 Å². The summed E-state index contributed by atoms with van der Waals surface area (Å²) in [6.45, 7) is 1.99. The van der Waals surface area contributed by atoms with Crippen molar-refractivity contribution in [2.75, 3.05) is 10.7 Å². The molecule has 0 aliphatic carbocycles. The average Bonchev–Trinajstić information content (AvgIpc) is 3.28. The van der Waals surface area contributed by atoms with Gasteiger partial charge in [0.15, 0.2) is 0 Å². The van der Waals surface area contributed by atoms with Crippen molar-refractivity contribution in [3.8, 4) is 11.3 Å². The first-order chi connectivity index (χ1) is 12.2.